The second-order valence-electron chi connectivity index (χ2n) is 7.35. The molecule has 2 aromatic heterocycles. The van der Waals surface area contributed by atoms with Crippen LogP contribution in [0, 0.1) is 5.92 Å². The second kappa shape index (κ2) is 8.38. The van der Waals surface area contributed by atoms with Gasteiger partial charge in [-0.25, -0.2) is 13.1 Å². The van der Waals surface area contributed by atoms with Crippen molar-refractivity contribution in [3.63, 3.8) is 0 Å². The first kappa shape index (κ1) is 19.7. The molecule has 1 aliphatic rings. The summed E-state index contributed by atoms with van der Waals surface area (Å²) in [5.74, 6) is 1.01. The van der Waals surface area contributed by atoms with E-state index in [1.807, 2.05) is 12.1 Å². The monoisotopic (exact) mass is 412 g/mol. The van der Waals surface area contributed by atoms with Crippen LogP contribution >= 0.6 is 0 Å². The van der Waals surface area contributed by atoms with E-state index in [1.165, 1.54) is 43.9 Å². The first-order chi connectivity index (χ1) is 14.1. The van der Waals surface area contributed by atoms with Gasteiger partial charge in [-0.1, -0.05) is 38.2 Å². The number of hydrogen-bond donors (Lipinski definition) is 1. The van der Waals surface area contributed by atoms with Crippen LogP contribution in [0.4, 0.5) is 0 Å². The van der Waals surface area contributed by atoms with Crippen LogP contribution < -0.4 is 4.72 Å². The molecule has 1 saturated carbocycles. The van der Waals surface area contributed by atoms with Gasteiger partial charge in [0.2, 0.25) is 15.8 Å². The summed E-state index contributed by atoms with van der Waals surface area (Å²) in [6.45, 7) is 0. The number of aromatic nitrogens is 5. The molecular formula is C20H24N6O2S. The molecule has 0 aliphatic heterocycles. The molecule has 9 heteroatoms. The van der Waals surface area contributed by atoms with Gasteiger partial charge in [0.15, 0.2) is 0 Å². The average Bonchev–Trinajstić information content (AvgIpc) is 3.25. The highest BCUT2D eigenvalue weighted by molar-refractivity contribution is 7.89. The van der Waals surface area contributed by atoms with Gasteiger partial charge in [0, 0.05) is 11.8 Å². The van der Waals surface area contributed by atoms with Crippen molar-refractivity contribution in [2.24, 2.45) is 5.92 Å². The smallest absolute Gasteiger partial charge is 0.240 e. The highest BCUT2D eigenvalue weighted by Gasteiger charge is 2.21. The minimum atomic E-state index is -3.57. The zero-order chi connectivity index (χ0) is 20.3. The maximum Gasteiger partial charge on any atom is 0.240 e. The predicted molar refractivity (Wildman–Crippen MR) is 109 cm³/mol. The van der Waals surface area contributed by atoms with Crippen LogP contribution in [-0.2, 0) is 16.4 Å². The summed E-state index contributed by atoms with van der Waals surface area (Å²) in [6, 6.07) is 8.82. The van der Waals surface area contributed by atoms with Crippen molar-refractivity contribution in [2.75, 3.05) is 7.05 Å². The van der Waals surface area contributed by atoms with Crippen LogP contribution in [0.3, 0.4) is 0 Å². The third-order valence-electron chi connectivity index (χ3n) is 5.43. The summed E-state index contributed by atoms with van der Waals surface area (Å²) >= 11 is 0. The minimum absolute atomic E-state index is 0.195. The lowest BCUT2D eigenvalue weighted by Gasteiger charge is -2.22. The number of nitrogens with one attached hydrogen (secondary N) is 1. The van der Waals surface area contributed by atoms with Crippen LogP contribution in [0.25, 0.3) is 17.1 Å². The number of tetrazole rings is 1. The number of sulfonamides is 1. The van der Waals surface area contributed by atoms with E-state index in [0.29, 0.717) is 23.0 Å². The number of hydrogen-bond acceptors (Lipinski definition) is 6. The Morgan fingerprint density at radius 2 is 2.00 bits per heavy atom. The lowest BCUT2D eigenvalue weighted by atomic mass is 9.84. The van der Waals surface area contributed by atoms with E-state index in [2.05, 4.69) is 25.1 Å². The molecule has 0 unspecified atom stereocenters. The van der Waals surface area contributed by atoms with E-state index >= 15 is 0 Å². The van der Waals surface area contributed by atoms with Crippen molar-refractivity contribution < 1.29 is 8.42 Å². The summed E-state index contributed by atoms with van der Waals surface area (Å²) in [6.07, 6.45) is 10.4. The third kappa shape index (κ3) is 4.35. The molecular weight excluding hydrogens is 388 g/mol. The summed E-state index contributed by atoms with van der Waals surface area (Å²) in [4.78, 5) is 5.68. The molecule has 152 valence electrons. The van der Waals surface area contributed by atoms with E-state index in [4.69, 9.17) is 0 Å². The molecule has 1 fully saturated rings. The maximum absolute atomic E-state index is 12.3. The van der Waals surface area contributed by atoms with Gasteiger partial charge in [0.25, 0.3) is 0 Å². The van der Waals surface area contributed by atoms with E-state index in [-0.39, 0.29) is 4.90 Å². The van der Waals surface area contributed by atoms with Gasteiger partial charge in [-0.15, -0.1) is 15.0 Å². The molecule has 0 bridgehead atoms. The Bertz CT molecular complexity index is 1080. The Morgan fingerprint density at radius 1 is 1.17 bits per heavy atom. The van der Waals surface area contributed by atoms with Gasteiger partial charge in [0.05, 0.1) is 11.1 Å². The molecule has 8 nitrogen and oxygen atoms in total. The molecule has 0 amide bonds. The lowest BCUT2D eigenvalue weighted by Crippen LogP contribution is -2.19. The highest BCUT2D eigenvalue weighted by Crippen LogP contribution is 2.31. The number of rotatable bonds is 6. The summed E-state index contributed by atoms with van der Waals surface area (Å²) < 4.78 is 27.0. The maximum atomic E-state index is 12.3. The van der Waals surface area contributed by atoms with Crippen molar-refractivity contribution in [1.82, 2.24) is 29.9 Å². The molecule has 0 saturated heterocycles. The van der Waals surface area contributed by atoms with E-state index in [1.54, 1.807) is 30.6 Å². The van der Waals surface area contributed by atoms with Crippen molar-refractivity contribution in [3.8, 4) is 17.1 Å². The van der Waals surface area contributed by atoms with Crippen LogP contribution in [-0.4, -0.2) is 40.7 Å². The van der Waals surface area contributed by atoms with Crippen molar-refractivity contribution >= 4 is 10.0 Å². The zero-order valence-electron chi connectivity index (χ0n) is 16.3. The first-order valence-electron chi connectivity index (χ1n) is 9.84. The highest BCUT2D eigenvalue weighted by atomic mass is 32.2. The number of nitrogens with zero attached hydrogens (tertiary/aromatic N) is 5. The van der Waals surface area contributed by atoms with Crippen LogP contribution in [0.15, 0.2) is 47.6 Å². The normalized spacial score (nSPS) is 15.5. The lowest BCUT2D eigenvalue weighted by molar-refractivity contribution is 0.357. The van der Waals surface area contributed by atoms with Gasteiger partial charge >= 0.3 is 0 Å². The van der Waals surface area contributed by atoms with E-state index in [0.717, 1.165) is 12.0 Å². The van der Waals surface area contributed by atoms with Gasteiger partial charge in [0.1, 0.15) is 5.69 Å². The van der Waals surface area contributed by atoms with Crippen molar-refractivity contribution in [1.29, 1.82) is 0 Å². The Balaban J connectivity index is 1.74. The fraction of sp³-hybridized carbons (Fsp3) is 0.400. The molecule has 1 N–H and O–H groups in total. The van der Waals surface area contributed by atoms with Crippen molar-refractivity contribution in [2.45, 2.75) is 43.4 Å². The molecule has 1 aliphatic carbocycles. The quantitative estimate of drug-likeness (QED) is 0.668. The Kier molecular flexibility index (Phi) is 5.68. The SMILES string of the molecule is CNS(=O)(=O)c1ccc(CC2CCCCC2)c(-c2nnn(-c3cccnc3)n2)c1. The van der Waals surface area contributed by atoms with Crippen molar-refractivity contribution in [3.05, 3.63) is 48.3 Å². The van der Waals surface area contributed by atoms with Gasteiger partial charge in [-0.3, -0.25) is 4.98 Å². The number of pyridine rings is 1. The minimum Gasteiger partial charge on any atom is -0.262 e. The second-order valence-corrected chi connectivity index (χ2v) is 9.23. The number of benzene rings is 1. The van der Waals surface area contributed by atoms with Crippen LogP contribution in [0.2, 0.25) is 0 Å². The zero-order valence-corrected chi connectivity index (χ0v) is 17.1. The molecule has 0 radical (unpaired) electrons. The summed E-state index contributed by atoms with van der Waals surface area (Å²) in [7, 11) is -2.16. The Hall–Kier alpha value is -2.65. The third-order valence-corrected chi connectivity index (χ3v) is 6.84. The molecule has 0 atom stereocenters. The Labute approximate surface area is 170 Å². The van der Waals surface area contributed by atoms with E-state index < -0.39 is 10.0 Å². The average molecular weight is 413 g/mol. The molecule has 0 spiro atoms. The largest absolute Gasteiger partial charge is 0.262 e. The molecule has 2 heterocycles. The van der Waals surface area contributed by atoms with Gasteiger partial charge in [-0.2, -0.15) is 0 Å². The molecule has 29 heavy (non-hydrogen) atoms. The first-order valence-corrected chi connectivity index (χ1v) is 11.3. The standard InChI is InChI=1S/C20H24N6O2S/c1-21-29(27,28)18-10-9-16(12-15-6-3-2-4-7-15)19(13-18)20-23-25-26(24-20)17-8-5-11-22-14-17/h5,8-11,13-15,21H,2-4,6-7,12H2,1H3. The summed E-state index contributed by atoms with van der Waals surface area (Å²) in [5, 5.41) is 12.8. The molecule has 4 rings (SSSR count). The predicted octanol–water partition coefficient (Wildman–Crippen LogP) is 2.76. The van der Waals surface area contributed by atoms with Gasteiger partial charge in [-0.05, 0) is 54.4 Å². The van der Waals surface area contributed by atoms with Crippen LogP contribution in [0.1, 0.15) is 37.7 Å². The topological polar surface area (TPSA) is 103 Å². The Morgan fingerprint density at radius 3 is 2.72 bits per heavy atom. The molecule has 1 aromatic carbocycles. The van der Waals surface area contributed by atoms with E-state index in [9.17, 15) is 8.42 Å². The van der Waals surface area contributed by atoms with Crippen LogP contribution in [0.5, 0.6) is 0 Å². The fourth-order valence-electron chi connectivity index (χ4n) is 3.83. The summed E-state index contributed by atoms with van der Waals surface area (Å²) in [5.41, 5.74) is 2.46. The molecule has 3 aromatic rings. The fourth-order valence-corrected chi connectivity index (χ4v) is 4.59. The van der Waals surface area contributed by atoms with Gasteiger partial charge < -0.3 is 0 Å².